The molecular formula is C18H24N2O2S. The largest absolute Gasteiger partial charge is 0.497 e. The number of ether oxygens (including phenoxy) is 2. The van der Waals surface area contributed by atoms with E-state index in [4.69, 9.17) is 14.5 Å². The number of nitrogens with zero attached hydrogens (tertiary/aromatic N) is 2. The zero-order valence-corrected chi connectivity index (χ0v) is 14.9. The Morgan fingerprint density at radius 1 is 1.39 bits per heavy atom. The SMILES string of the molecule is COc1cccc(CSc2nc(C)c(C)n2C[C@H]2CCCO2)c1. The van der Waals surface area contributed by atoms with Gasteiger partial charge in [-0.2, -0.15) is 0 Å². The quantitative estimate of drug-likeness (QED) is 0.750. The fraction of sp³-hybridized carbons (Fsp3) is 0.500. The zero-order chi connectivity index (χ0) is 16.2. The molecule has 5 heteroatoms. The molecule has 0 aliphatic carbocycles. The minimum Gasteiger partial charge on any atom is -0.497 e. The van der Waals surface area contributed by atoms with Gasteiger partial charge in [-0.05, 0) is 44.4 Å². The lowest BCUT2D eigenvalue weighted by Gasteiger charge is -2.14. The number of benzene rings is 1. The molecule has 23 heavy (non-hydrogen) atoms. The average Bonchev–Trinajstić information content (AvgIpc) is 3.17. The number of aryl methyl sites for hydroxylation is 1. The third-order valence-electron chi connectivity index (χ3n) is 4.34. The smallest absolute Gasteiger partial charge is 0.168 e. The molecule has 0 spiro atoms. The molecule has 1 atom stereocenters. The van der Waals surface area contributed by atoms with Crippen molar-refractivity contribution >= 4 is 11.8 Å². The Hall–Kier alpha value is -1.46. The first kappa shape index (κ1) is 16.4. The van der Waals surface area contributed by atoms with E-state index >= 15 is 0 Å². The van der Waals surface area contributed by atoms with E-state index in [9.17, 15) is 0 Å². The Kier molecular flexibility index (Phi) is 5.28. The molecule has 0 unspecified atom stereocenters. The molecule has 124 valence electrons. The van der Waals surface area contributed by atoms with E-state index < -0.39 is 0 Å². The number of aromatic nitrogens is 2. The highest BCUT2D eigenvalue weighted by Gasteiger charge is 2.20. The first-order valence-corrected chi connectivity index (χ1v) is 9.07. The minimum atomic E-state index is 0.332. The third-order valence-corrected chi connectivity index (χ3v) is 5.38. The second-order valence-corrected chi connectivity index (χ2v) is 6.89. The van der Waals surface area contributed by atoms with Crippen LogP contribution in [0.4, 0.5) is 0 Å². The summed E-state index contributed by atoms with van der Waals surface area (Å²) in [4.78, 5) is 4.75. The number of imidazole rings is 1. The maximum atomic E-state index is 5.79. The summed E-state index contributed by atoms with van der Waals surface area (Å²) in [5, 5.41) is 1.08. The first-order chi connectivity index (χ1) is 11.2. The molecule has 0 radical (unpaired) electrons. The Morgan fingerprint density at radius 3 is 3.00 bits per heavy atom. The summed E-state index contributed by atoms with van der Waals surface area (Å²) in [6, 6.07) is 8.22. The van der Waals surface area contributed by atoms with Gasteiger partial charge in [-0.3, -0.25) is 0 Å². The highest BCUT2D eigenvalue weighted by molar-refractivity contribution is 7.98. The number of hydrogen-bond acceptors (Lipinski definition) is 4. The van der Waals surface area contributed by atoms with Crippen LogP contribution in [-0.2, 0) is 17.0 Å². The molecule has 1 aliphatic rings. The molecule has 1 saturated heterocycles. The van der Waals surface area contributed by atoms with Crippen LogP contribution in [-0.4, -0.2) is 29.4 Å². The Morgan fingerprint density at radius 2 is 2.26 bits per heavy atom. The number of thioether (sulfide) groups is 1. The van der Waals surface area contributed by atoms with E-state index in [0.717, 1.165) is 41.9 Å². The number of methoxy groups -OCH3 is 1. The first-order valence-electron chi connectivity index (χ1n) is 8.08. The van der Waals surface area contributed by atoms with E-state index in [0.29, 0.717) is 6.10 Å². The van der Waals surface area contributed by atoms with Gasteiger partial charge in [-0.1, -0.05) is 23.9 Å². The Labute approximate surface area is 142 Å². The molecule has 1 fully saturated rings. The van der Waals surface area contributed by atoms with Gasteiger partial charge in [0.2, 0.25) is 0 Å². The van der Waals surface area contributed by atoms with Gasteiger partial charge in [0.15, 0.2) is 5.16 Å². The highest BCUT2D eigenvalue weighted by atomic mass is 32.2. The topological polar surface area (TPSA) is 36.3 Å². The molecule has 0 amide bonds. The lowest BCUT2D eigenvalue weighted by atomic mass is 10.2. The molecule has 0 bridgehead atoms. The van der Waals surface area contributed by atoms with Gasteiger partial charge in [-0.25, -0.2) is 4.98 Å². The maximum Gasteiger partial charge on any atom is 0.168 e. The monoisotopic (exact) mass is 332 g/mol. The van der Waals surface area contributed by atoms with Crippen LogP contribution in [0.25, 0.3) is 0 Å². The summed E-state index contributed by atoms with van der Waals surface area (Å²) < 4.78 is 13.4. The number of rotatable bonds is 6. The second-order valence-electron chi connectivity index (χ2n) is 5.95. The molecular weight excluding hydrogens is 308 g/mol. The Balaban J connectivity index is 1.72. The van der Waals surface area contributed by atoms with Crippen LogP contribution in [0.2, 0.25) is 0 Å². The van der Waals surface area contributed by atoms with Crippen molar-refractivity contribution in [3.8, 4) is 5.75 Å². The van der Waals surface area contributed by atoms with Crippen molar-refractivity contribution in [3.05, 3.63) is 41.2 Å². The molecule has 2 aromatic rings. The molecule has 0 saturated carbocycles. The van der Waals surface area contributed by atoms with Crippen molar-refractivity contribution < 1.29 is 9.47 Å². The van der Waals surface area contributed by atoms with Gasteiger partial charge in [0, 0.05) is 18.1 Å². The van der Waals surface area contributed by atoms with Gasteiger partial charge in [0.25, 0.3) is 0 Å². The second kappa shape index (κ2) is 7.41. The van der Waals surface area contributed by atoms with Crippen LogP contribution in [0.3, 0.4) is 0 Å². The molecule has 1 aliphatic heterocycles. The summed E-state index contributed by atoms with van der Waals surface area (Å²) in [6.45, 7) is 6.03. The zero-order valence-electron chi connectivity index (χ0n) is 14.0. The van der Waals surface area contributed by atoms with E-state index in [2.05, 4.69) is 30.5 Å². The van der Waals surface area contributed by atoms with Gasteiger partial charge in [-0.15, -0.1) is 0 Å². The van der Waals surface area contributed by atoms with Gasteiger partial charge < -0.3 is 14.0 Å². The van der Waals surface area contributed by atoms with Crippen LogP contribution in [0.5, 0.6) is 5.75 Å². The molecule has 1 aromatic carbocycles. The van der Waals surface area contributed by atoms with Crippen molar-refractivity contribution in [1.29, 1.82) is 0 Å². The molecule has 3 rings (SSSR count). The van der Waals surface area contributed by atoms with Crippen molar-refractivity contribution in [2.45, 2.75) is 50.2 Å². The normalized spacial score (nSPS) is 17.6. The summed E-state index contributed by atoms with van der Waals surface area (Å²) in [6.07, 6.45) is 2.65. The van der Waals surface area contributed by atoms with Crippen molar-refractivity contribution in [2.75, 3.05) is 13.7 Å². The van der Waals surface area contributed by atoms with Gasteiger partial charge in [0.1, 0.15) is 5.75 Å². The summed E-state index contributed by atoms with van der Waals surface area (Å²) in [7, 11) is 1.70. The Bertz CT molecular complexity index is 663. The van der Waals surface area contributed by atoms with Crippen LogP contribution in [0.1, 0.15) is 29.8 Å². The van der Waals surface area contributed by atoms with E-state index in [-0.39, 0.29) is 0 Å². The van der Waals surface area contributed by atoms with Crippen LogP contribution < -0.4 is 4.74 Å². The minimum absolute atomic E-state index is 0.332. The summed E-state index contributed by atoms with van der Waals surface area (Å²) in [5.41, 5.74) is 3.60. The van der Waals surface area contributed by atoms with Gasteiger partial charge >= 0.3 is 0 Å². The predicted octanol–water partition coefficient (Wildman–Crippen LogP) is 3.98. The summed E-state index contributed by atoms with van der Waals surface area (Å²) >= 11 is 1.78. The van der Waals surface area contributed by atoms with E-state index in [1.165, 1.54) is 17.7 Å². The highest BCUT2D eigenvalue weighted by Crippen LogP contribution is 2.27. The standard InChI is InChI=1S/C18H24N2O2S/c1-13-14(2)20(11-17-8-5-9-22-17)18(19-13)23-12-15-6-4-7-16(10-15)21-3/h4,6-7,10,17H,5,8-9,11-12H2,1-3H3/t17-/m1/s1. The van der Waals surface area contributed by atoms with Crippen molar-refractivity contribution in [1.82, 2.24) is 9.55 Å². The lowest BCUT2D eigenvalue weighted by Crippen LogP contribution is -2.16. The van der Waals surface area contributed by atoms with E-state index in [1.54, 1.807) is 18.9 Å². The van der Waals surface area contributed by atoms with Crippen molar-refractivity contribution in [3.63, 3.8) is 0 Å². The van der Waals surface area contributed by atoms with Gasteiger partial charge in [0.05, 0.1) is 25.5 Å². The van der Waals surface area contributed by atoms with Crippen LogP contribution in [0, 0.1) is 13.8 Å². The molecule has 2 heterocycles. The summed E-state index contributed by atoms with van der Waals surface area (Å²) in [5.74, 6) is 1.79. The predicted molar refractivity (Wildman–Crippen MR) is 93.2 cm³/mol. The fourth-order valence-electron chi connectivity index (χ4n) is 2.85. The maximum absolute atomic E-state index is 5.79. The molecule has 1 aromatic heterocycles. The number of hydrogen-bond donors (Lipinski definition) is 0. The molecule has 4 nitrogen and oxygen atoms in total. The lowest BCUT2D eigenvalue weighted by molar-refractivity contribution is 0.0945. The van der Waals surface area contributed by atoms with Crippen LogP contribution >= 0.6 is 11.8 Å². The third kappa shape index (κ3) is 3.90. The van der Waals surface area contributed by atoms with E-state index in [1.807, 2.05) is 12.1 Å². The average molecular weight is 332 g/mol. The molecule has 0 N–H and O–H groups in total. The van der Waals surface area contributed by atoms with Crippen LogP contribution in [0.15, 0.2) is 29.4 Å². The fourth-order valence-corrected chi connectivity index (χ4v) is 3.89. The van der Waals surface area contributed by atoms with Crippen molar-refractivity contribution in [2.24, 2.45) is 0 Å².